The van der Waals surface area contributed by atoms with Crippen LogP contribution in [0.3, 0.4) is 0 Å². The van der Waals surface area contributed by atoms with Crippen LogP contribution in [0.2, 0.25) is 15.9 Å². The van der Waals surface area contributed by atoms with Gasteiger partial charge in [0.25, 0.3) is 0 Å². The van der Waals surface area contributed by atoms with Crippen molar-refractivity contribution in [2.24, 2.45) is 5.73 Å². The predicted molar refractivity (Wildman–Crippen MR) is 391 cm³/mol. The number of alkyl halides is 12. The zero-order chi connectivity index (χ0) is 85.2. The van der Waals surface area contributed by atoms with E-state index in [1.54, 1.807) is 87.6 Å². The Labute approximate surface area is 659 Å². The number of nitrogens with two attached hydrogens (primary N) is 1. The van der Waals surface area contributed by atoms with Gasteiger partial charge in [0, 0.05) is 111 Å². The van der Waals surface area contributed by atoms with Crippen LogP contribution in [0.4, 0.5) is 67.1 Å². The van der Waals surface area contributed by atoms with Gasteiger partial charge in [-0.15, -0.1) is 0 Å². The average molecular weight is 1660 g/mol. The first-order valence-electron chi connectivity index (χ1n) is 36.0. The number of aromatic nitrogens is 9. The van der Waals surface area contributed by atoms with Gasteiger partial charge in [0.05, 0.1) is 57.3 Å². The molecule has 9 heterocycles. The number of pyridine rings is 3. The molecule has 2 saturated carbocycles. The summed E-state index contributed by atoms with van der Waals surface area (Å²) in [5, 5.41) is 26.1. The van der Waals surface area contributed by atoms with Crippen molar-refractivity contribution >= 4 is 66.1 Å². The van der Waals surface area contributed by atoms with Gasteiger partial charge in [-0.3, -0.25) is 39.2 Å². The van der Waals surface area contributed by atoms with Crippen LogP contribution in [0.1, 0.15) is 187 Å². The van der Waals surface area contributed by atoms with Crippen LogP contribution in [-0.4, -0.2) is 189 Å². The molecule has 622 valence electrons. The summed E-state index contributed by atoms with van der Waals surface area (Å²) in [7, 11) is -1.04. The molecule has 0 aromatic carbocycles. The van der Waals surface area contributed by atoms with Crippen molar-refractivity contribution in [1.82, 2.24) is 59.6 Å². The minimum Gasteiger partial charge on any atom is -0.480 e. The van der Waals surface area contributed by atoms with Crippen molar-refractivity contribution in [1.29, 1.82) is 0 Å². The molecule has 11 rings (SSSR count). The number of likely N-dealkylation sites (tertiary alicyclic amines) is 3. The van der Waals surface area contributed by atoms with Gasteiger partial charge in [0.2, 0.25) is 17.5 Å². The second kappa shape index (κ2) is 37.7. The molecule has 40 heteroatoms. The standard InChI is InChI=1S/C26H30F4N4O3.C23H25ClF4N4O3.C11H8ClF3N4.C11H18FNO4.C3H7BO2/c1-14-19(27)10-21(34(14)24(36)37-25(2,3)4)22(35)8-7-16-9-20(31-13-18(16)15-5-6-15)17-11-32-23(33-12-17)26(28,29)30;1-12-16(25)8-18(32(12)21(34)35-22(2,3)4)19(33)6-5-13-7-17(29-11-15(13)24)14-9-30-20(31-10-14)23(26,27)28;12-8-5-17-9(1-6(8)2-16)7-3-18-10(19-4-7)11(13,14)15;1-6-7(12)5-8(9(14)15)13(6)10(16)17-11(2,3)4;5-4(6)3-1-2-3/h9,11-15,19,21H,5-8,10H2,1-4H3;7,9-12,16,18H,5-6,8H2,1-4H3;1,3-5H,2,16H2;6-8H,5H2,1-4H3,(H,14,15);3,5-6H,1-2H2/t14-,19+,21-;12-,16+,18-;;6-,7+,8-;/m00.0./s1. The number of aliphatic carboxylic acids is 1. The molecule has 6 aromatic rings. The third kappa shape index (κ3) is 26.0. The molecule has 2 aliphatic carbocycles. The van der Waals surface area contributed by atoms with Crippen molar-refractivity contribution < 1.29 is 111 Å². The summed E-state index contributed by atoms with van der Waals surface area (Å²) in [6, 6.07) is -0.537. The number of rotatable bonds is 15. The normalized spacial score (nSPS) is 21.0. The molecule has 5 N–H and O–H groups in total. The van der Waals surface area contributed by atoms with Gasteiger partial charge in [0.1, 0.15) is 41.4 Å². The fourth-order valence-electron chi connectivity index (χ4n) is 11.9. The third-order valence-corrected chi connectivity index (χ3v) is 18.8. The van der Waals surface area contributed by atoms with Crippen LogP contribution in [0.15, 0.2) is 74.0 Å². The van der Waals surface area contributed by atoms with E-state index in [2.05, 4.69) is 44.9 Å². The molecule has 3 saturated heterocycles. The van der Waals surface area contributed by atoms with Crippen LogP contribution in [0, 0.1) is 0 Å². The summed E-state index contributed by atoms with van der Waals surface area (Å²) in [5.41, 5.74) is 8.16. The Morgan fingerprint density at radius 3 is 1.05 bits per heavy atom. The maximum Gasteiger partial charge on any atom is 0.454 e. The van der Waals surface area contributed by atoms with Crippen LogP contribution < -0.4 is 5.73 Å². The number of Topliss-reactive ketones (excluding diaryl/α,β-unsaturated/α-hetero) is 2. The van der Waals surface area contributed by atoms with Gasteiger partial charge in [-0.1, -0.05) is 36.0 Å². The Morgan fingerprint density at radius 1 is 0.465 bits per heavy atom. The van der Waals surface area contributed by atoms with E-state index in [1.165, 1.54) is 37.2 Å². The van der Waals surface area contributed by atoms with Crippen LogP contribution >= 0.6 is 23.2 Å². The van der Waals surface area contributed by atoms with E-state index in [4.69, 9.17) is 58.3 Å². The van der Waals surface area contributed by atoms with E-state index in [0.29, 0.717) is 51.0 Å². The first-order chi connectivity index (χ1) is 52.8. The van der Waals surface area contributed by atoms with E-state index >= 15 is 0 Å². The number of aryl methyl sites for hydroxylation is 2. The van der Waals surface area contributed by atoms with Gasteiger partial charge in [-0.05, 0) is 161 Å². The average Bonchev–Trinajstić information content (AvgIpc) is 1.64. The number of hydrogen-bond acceptors (Lipinski definition) is 21. The highest BCUT2D eigenvalue weighted by atomic mass is 35.5. The van der Waals surface area contributed by atoms with Crippen molar-refractivity contribution in [3.05, 3.63) is 124 Å². The number of carbonyl (C=O) groups is 6. The second-order valence-corrected chi connectivity index (χ2v) is 31.5. The lowest BCUT2D eigenvalue weighted by molar-refractivity contribution is -0.145. The number of ketones is 2. The SMILES string of the molecule is C[C@H]1[C@H](F)C[C@@H](C(=O)CCc2cc(-c3cnc(C(F)(F)F)nc3)ncc2C2CC2)N1C(=O)OC(C)(C)C.C[C@H]1[C@H](F)C[C@@H](C(=O)CCc2cc(-c3cnc(C(F)(F)F)nc3)ncc2Cl)N1C(=O)OC(C)(C)C.C[C@H]1[C@H](F)C[C@@H](C(=O)O)N1C(=O)OC(C)(C)C.NCc1cc(-c2cnc(C(F)(F)F)nc2)ncc1Cl.OB(O)C1CC1. The largest absolute Gasteiger partial charge is 0.480 e. The predicted octanol–water partition coefficient (Wildman–Crippen LogP) is 15.2. The maximum atomic E-state index is 14.6. The summed E-state index contributed by atoms with van der Waals surface area (Å²) in [5.74, 6) is -4.99. The van der Waals surface area contributed by atoms with Gasteiger partial charge in [-0.2, -0.15) is 39.5 Å². The number of hydrogen-bond donors (Lipinski definition) is 4. The molecule has 5 fully saturated rings. The van der Waals surface area contributed by atoms with E-state index in [-0.39, 0.29) is 78.7 Å². The Morgan fingerprint density at radius 2 is 0.763 bits per heavy atom. The molecule has 0 radical (unpaired) electrons. The molecule has 0 unspecified atom stereocenters. The number of carboxylic acid groups (broad SMARTS) is 1. The highest BCUT2D eigenvalue weighted by Gasteiger charge is 2.50. The van der Waals surface area contributed by atoms with Crippen molar-refractivity contribution in [3.8, 4) is 33.8 Å². The Bertz CT molecular complexity index is 4330. The van der Waals surface area contributed by atoms with E-state index in [9.17, 15) is 81.5 Å². The molecule has 9 atom stereocenters. The lowest BCUT2D eigenvalue weighted by Gasteiger charge is -2.30. The van der Waals surface area contributed by atoms with Crippen LogP contribution in [-0.2, 0) is 66.5 Å². The van der Waals surface area contributed by atoms with Crippen molar-refractivity contribution in [2.75, 3.05) is 0 Å². The number of amides is 3. The highest BCUT2D eigenvalue weighted by Crippen LogP contribution is 2.43. The zero-order valence-electron chi connectivity index (χ0n) is 64.1. The summed E-state index contributed by atoms with van der Waals surface area (Å²) in [4.78, 5) is 110. The molecular formula is C74H88BCl2F12N13O12. The molecule has 25 nitrogen and oxygen atoms in total. The lowest BCUT2D eigenvalue weighted by Crippen LogP contribution is -2.47. The molecule has 114 heavy (non-hydrogen) atoms. The van der Waals surface area contributed by atoms with Crippen LogP contribution in [0.25, 0.3) is 33.8 Å². The van der Waals surface area contributed by atoms with Crippen molar-refractivity contribution in [2.45, 2.75) is 262 Å². The summed E-state index contributed by atoms with van der Waals surface area (Å²) in [6.07, 6.45) is -5.42. The number of carbonyl (C=O) groups excluding carboxylic acids is 5. The smallest absolute Gasteiger partial charge is 0.454 e. The Kier molecular flexibility index (Phi) is 30.5. The minimum absolute atomic E-state index is 0.0455. The molecule has 5 aliphatic rings. The molecule has 6 aromatic heterocycles. The molecule has 3 aliphatic heterocycles. The lowest BCUT2D eigenvalue weighted by atomic mass is 9.84. The minimum atomic E-state index is -4.67. The van der Waals surface area contributed by atoms with Gasteiger partial charge < -0.3 is 35.1 Å². The maximum absolute atomic E-state index is 14.6. The fourth-order valence-corrected chi connectivity index (χ4v) is 12.3. The van der Waals surface area contributed by atoms with Crippen LogP contribution in [0.5, 0.6) is 0 Å². The molecular weight excluding hydrogens is 1570 g/mol. The second-order valence-electron chi connectivity index (χ2n) is 30.7. The summed E-state index contributed by atoms with van der Waals surface area (Å²) < 4.78 is 172. The number of ether oxygens (including phenoxy) is 3. The van der Waals surface area contributed by atoms with E-state index in [1.807, 2.05) is 0 Å². The molecule has 3 amide bonds. The number of carboxylic acids is 1. The Hall–Kier alpha value is -9.01. The third-order valence-electron chi connectivity index (χ3n) is 18.1. The Balaban J connectivity index is 0.000000214. The summed E-state index contributed by atoms with van der Waals surface area (Å²) >= 11 is 12.1. The first-order valence-corrected chi connectivity index (χ1v) is 36.8. The van der Waals surface area contributed by atoms with Gasteiger partial charge >= 0.3 is 49.9 Å². The topological polar surface area (TPSA) is 343 Å². The fraction of sp³-hybridized carbons (Fsp3) is 0.554. The molecule has 0 bridgehead atoms. The first kappa shape index (κ1) is 92.2. The number of nitrogens with zero attached hydrogens (tertiary/aromatic N) is 12. The zero-order valence-corrected chi connectivity index (χ0v) is 65.6. The van der Waals surface area contributed by atoms with Crippen molar-refractivity contribution in [3.63, 3.8) is 0 Å². The van der Waals surface area contributed by atoms with Gasteiger partial charge in [-0.25, -0.2) is 62.3 Å². The van der Waals surface area contributed by atoms with E-state index < -0.39 is 139 Å². The van der Waals surface area contributed by atoms with Gasteiger partial charge in [0.15, 0.2) is 11.6 Å². The summed E-state index contributed by atoms with van der Waals surface area (Å²) in [6.45, 7) is 20.0. The highest BCUT2D eigenvalue weighted by molar-refractivity contribution is 6.44. The monoisotopic (exact) mass is 1660 g/mol. The van der Waals surface area contributed by atoms with E-state index in [0.717, 1.165) is 83.8 Å². The quantitative estimate of drug-likeness (QED) is 0.0421. The number of halogens is 14. The molecule has 0 spiro atoms.